The number of hydrogen-bond acceptors (Lipinski definition) is 15. The quantitative estimate of drug-likeness (QED) is 0.0222. The molecule has 0 radical (unpaired) electrons. The largest absolute Gasteiger partial charge is 0.472 e. The van der Waals surface area contributed by atoms with E-state index in [4.69, 9.17) is 37.0 Å². The van der Waals surface area contributed by atoms with Gasteiger partial charge < -0.3 is 33.8 Å². The molecule has 0 fully saturated rings. The Morgan fingerprint density at radius 2 is 0.485 bits per heavy atom. The van der Waals surface area contributed by atoms with Gasteiger partial charge in [-0.2, -0.15) is 0 Å². The second kappa shape index (κ2) is 69.1. The molecule has 0 saturated heterocycles. The lowest BCUT2D eigenvalue weighted by molar-refractivity contribution is -0.161. The van der Waals surface area contributed by atoms with Crippen LogP contribution < -0.4 is 0 Å². The fourth-order valence-corrected chi connectivity index (χ4v) is 13.8. The Bertz CT molecular complexity index is 1940. The number of esters is 4. The van der Waals surface area contributed by atoms with Gasteiger partial charge in [-0.05, 0) is 49.4 Å². The molecule has 0 spiro atoms. The summed E-state index contributed by atoms with van der Waals surface area (Å²) in [4.78, 5) is 73.0. The molecule has 6 atom stereocenters. The van der Waals surface area contributed by atoms with Crippen molar-refractivity contribution in [3.05, 3.63) is 0 Å². The SMILES string of the molecule is CCC(C)CCCCCCCCCCCCC(=O)O[C@H](COC(=O)CCCCCCCCCCCCCCCCCCC(C)C)COP(=O)(O)OCC(O)COP(=O)(O)OC[C@@H](COC(=O)CCCCCCCCCC(C)C)OC(=O)CCCCCCCCCCCCCCCC(C)C. The molecule has 0 aromatic rings. The highest BCUT2D eigenvalue weighted by Gasteiger charge is 2.30. The van der Waals surface area contributed by atoms with Crippen LogP contribution in [0.2, 0.25) is 0 Å². The van der Waals surface area contributed by atoms with Gasteiger partial charge in [-0.3, -0.25) is 37.3 Å². The highest BCUT2D eigenvalue weighted by molar-refractivity contribution is 7.47. The zero-order chi connectivity index (χ0) is 73.1. The molecule has 0 rings (SSSR count). The number of hydrogen-bond donors (Lipinski definition) is 3. The number of phosphoric acid groups is 2. The number of aliphatic hydroxyl groups excluding tert-OH is 1. The molecule has 0 bridgehead atoms. The van der Waals surface area contributed by atoms with Crippen LogP contribution in [-0.2, 0) is 65.4 Å². The fourth-order valence-electron chi connectivity index (χ4n) is 12.2. The Labute approximate surface area is 607 Å². The predicted molar refractivity (Wildman–Crippen MR) is 404 cm³/mol. The van der Waals surface area contributed by atoms with E-state index in [1.54, 1.807) is 0 Å². The van der Waals surface area contributed by atoms with E-state index in [0.717, 1.165) is 114 Å². The highest BCUT2D eigenvalue weighted by atomic mass is 31.2. The van der Waals surface area contributed by atoms with Gasteiger partial charge in [-0.25, -0.2) is 9.13 Å². The standard InChI is InChI=1S/C80H156O17P2/c1-9-73(8)59-51-43-35-27-23-24-30-38-47-55-63-80(85)96-75(66-90-77(82)60-52-44-36-28-21-17-13-11-10-12-15-19-25-32-40-48-56-70(2)3)68-94-98(86,87)92-64-74(81)65-93-99(88,89)95-69-76(67-91-78(83)61-53-45-39-31-34-42-50-58-72(6)7)97-79(84)62-54-46-37-29-22-18-14-16-20-26-33-41-49-57-71(4)5/h70-76,81H,9-69H2,1-8H3,(H,86,87)(H,88,89)/t73?,74?,75-,76-/m1/s1. The van der Waals surface area contributed by atoms with Gasteiger partial charge in [0.2, 0.25) is 0 Å². The summed E-state index contributed by atoms with van der Waals surface area (Å²) < 4.78 is 68.7. The van der Waals surface area contributed by atoms with E-state index in [9.17, 15) is 43.2 Å². The molecule has 0 heterocycles. The smallest absolute Gasteiger partial charge is 0.462 e. The highest BCUT2D eigenvalue weighted by Crippen LogP contribution is 2.45. The van der Waals surface area contributed by atoms with E-state index in [1.807, 2.05) is 0 Å². The van der Waals surface area contributed by atoms with E-state index in [1.165, 1.54) is 205 Å². The van der Waals surface area contributed by atoms with Gasteiger partial charge in [0.05, 0.1) is 26.4 Å². The Hall–Kier alpha value is -1.94. The van der Waals surface area contributed by atoms with Gasteiger partial charge in [0, 0.05) is 25.7 Å². The van der Waals surface area contributed by atoms with Crippen molar-refractivity contribution >= 4 is 39.5 Å². The van der Waals surface area contributed by atoms with Gasteiger partial charge in [0.25, 0.3) is 0 Å². The van der Waals surface area contributed by atoms with E-state index in [-0.39, 0.29) is 25.7 Å². The Kier molecular flexibility index (Phi) is 67.8. The first-order valence-electron chi connectivity index (χ1n) is 41.2. The molecule has 0 aliphatic rings. The molecule has 3 N–H and O–H groups in total. The van der Waals surface area contributed by atoms with Crippen molar-refractivity contribution < 1.29 is 80.2 Å². The second-order valence-corrected chi connectivity index (χ2v) is 33.4. The maximum atomic E-state index is 13.1. The molecule has 0 saturated carbocycles. The van der Waals surface area contributed by atoms with Gasteiger partial charge >= 0.3 is 39.5 Å². The van der Waals surface area contributed by atoms with Crippen LogP contribution in [0.4, 0.5) is 0 Å². The minimum atomic E-state index is -4.96. The summed E-state index contributed by atoms with van der Waals surface area (Å²) in [5, 5.41) is 10.6. The summed E-state index contributed by atoms with van der Waals surface area (Å²) >= 11 is 0. The third-order valence-corrected chi connectivity index (χ3v) is 20.8. The monoisotopic (exact) mass is 1450 g/mol. The average Bonchev–Trinajstić information content (AvgIpc) is 1.23. The number of phosphoric ester groups is 2. The predicted octanol–water partition coefficient (Wildman–Crippen LogP) is 23.6. The van der Waals surface area contributed by atoms with E-state index < -0.39 is 97.5 Å². The molecule has 0 aromatic carbocycles. The lowest BCUT2D eigenvalue weighted by atomic mass is 9.99. The number of aliphatic hydroxyl groups is 1. The third-order valence-electron chi connectivity index (χ3n) is 18.9. The molecular weight excluding hydrogens is 1290 g/mol. The zero-order valence-electron chi connectivity index (χ0n) is 65.1. The molecule has 4 unspecified atom stereocenters. The first kappa shape index (κ1) is 97.1. The third kappa shape index (κ3) is 72.8. The topological polar surface area (TPSA) is 237 Å². The molecule has 17 nitrogen and oxygen atoms in total. The number of rotatable bonds is 77. The molecular formula is C80H156O17P2. The van der Waals surface area contributed by atoms with Crippen LogP contribution >= 0.6 is 15.6 Å². The van der Waals surface area contributed by atoms with Gasteiger partial charge in [0.15, 0.2) is 12.2 Å². The van der Waals surface area contributed by atoms with Crippen molar-refractivity contribution in [2.75, 3.05) is 39.6 Å². The van der Waals surface area contributed by atoms with Crippen LogP contribution in [-0.4, -0.2) is 96.7 Å². The van der Waals surface area contributed by atoms with Gasteiger partial charge in [0.1, 0.15) is 19.3 Å². The zero-order valence-corrected chi connectivity index (χ0v) is 66.9. The Morgan fingerprint density at radius 1 is 0.283 bits per heavy atom. The molecule has 0 amide bonds. The minimum Gasteiger partial charge on any atom is -0.462 e. The first-order valence-corrected chi connectivity index (χ1v) is 44.2. The van der Waals surface area contributed by atoms with Gasteiger partial charge in [-0.1, -0.05) is 357 Å². The molecule has 19 heteroatoms. The van der Waals surface area contributed by atoms with E-state index in [0.29, 0.717) is 31.6 Å². The van der Waals surface area contributed by atoms with Crippen LogP contribution in [0.1, 0.15) is 409 Å². The van der Waals surface area contributed by atoms with Crippen molar-refractivity contribution in [3.8, 4) is 0 Å². The van der Waals surface area contributed by atoms with Crippen LogP contribution in [0.5, 0.6) is 0 Å². The maximum Gasteiger partial charge on any atom is 0.472 e. The second-order valence-electron chi connectivity index (χ2n) is 30.5. The van der Waals surface area contributed by atoms with Crippen molar-refractivity contribution in [3.63, 3.8) is 0 Å². The molecule has 588 valence electrons. The fraction of sp³-hybridized carbons (Fsp3) is 0.950. The van der Waals surface area contributed by atoms with Crippen molar-refractivity contribution in [1.82, 2.24) is 0 Å². The number of carbonyl (C=O) groups excluding carboxylic acids is 4. The summed E-state index contributed by atoms with van der Waals surface area (Å²) in [7, 11) is -9.92. The summed E-state index contributed by atoms with van der Waals surface area (Å²) in [6, 6.07) is 0. The molecule has 99 heavy (non-hydrogen) atoms. The minimum absolute atomic E-state index is 0.106. The maximum absolute atomic E-state index is 13.1. The first-order chi connectivity index (χ1) is 47.6. The van der Waals surface area contributed by atoms with Crippen LogP contribution in [0, 0.1) is 23.7 Å². The van der Waals surface area contributed by atoms with E-state index >= 15 is 0 Å². The molecule has 0 aliphatic heterocycles. The summed E-state index contributed by atoms with van der Waals surface area (Å²) in [6.07, 6.45) is 55.5. The van der Waals surface area contributed by atoms with Crippen molar-refractivity contribution in [2.45, 2.75) is 427 Å². The van der Waals surface area contributed by atoms with Crippen molar-refractivity contribution in [2.24, 2.45) is 23.7 Å². The Morgan fingerprint density at radius 3 is 0.717 bits per heavy atom. The number of unbranched alkanes of at least 4 members (excludes halogenated alkanes) is 42. The van der Waals surface area contributed by atoms with Crippen molar-refractivity contribution in [1.29, 1.82) is 0 Å². The summed E-state index contributed by atoms with van der Waals surface area (Å²) in [5.41, 5.74) is 0. The van der Waals surface area contributed by atoms with E-state index in [2.05, 4.69) is 55.4 Å². The van der Waals surface area contributed by atoms with Crippen LogP contribution in [0.15, 0.2) is 0 Å². The number of ether oxygens (including phenoxy) is 4. The van der Waals surface area contributed by atoms with Crippen LogP contribution in [0.3, 0.4) is 0 Å². The lowest BCUT2D eigenvalue weighted by Crippen LogP contribution is -2.30. The lowest BCUT2D eigenvalue weighted by Gasteiger charge is -2.21. The summed E-state index contributed by atoms with van der Waals surface area (Å²) in [5.74, 6) is 0.991. The normalized spacial score (nSPS) is 14.3. The summed E-state index contributed by atoms with van der Waals surface area (Å²) in [6.45, 7) is 14.3. The molecule has 0 aliphatic carbocycles. The Balaban J connectivity index is 5.23. The molecule has 0 aromatic heterocycles. The van der Waals surface area contributed by atoms with Crippen LogP contribution in [0.25, 0.3) is 0 Å². The van der Waals surface area contributed by atoms with Gasteiger partial charge in [-0.15, -0.1) is 0 Å². The average molecular weight is 1450 g/mol. The number of carbonyl (C=O) groups is 4.